The van der Waals surface area contributed by atoms with Crippen molar-refractivity contribution in [3.8, 4) is 0 Å². The van der Waals surface area contributed by atoms with Crippen LogP contribution in [0.1, 0.15) is 34.1 Å². The molecule has 176 valence electrons. The predicted octanol–water partition coefficient (Wildman–Crippen LogP) is 5.59. The number of benzene rings is 2. The van der Waals surface area contributed by atoms with Crippen LogP contribution < -0.4 is 5.32 Å². The number of hydrogen-bond acceptors (Lipinski definition) is 5. The smallest absolute Gasteiger partial charge is 0.333 e. The number of rotatable bonds is 8. The van der Waals surface area contributed by atoms with E-state index in [-0.39, 0.29) is 17.9 Å². The summed E-state index contributed by atoms with van der Waals surface area (Å²) in [6.07, 6.45) is 1.74. The van der Waals surface area contributed by atoms with Gasteiger partial charge in [0.1, 0.15) is 13.1 Å². The summed E-state index contributed by atoms with van der Waals surface area (Å²) in [6.45, 7) is 2.97. The summed E-state index contributed by atoms with van der Waals surface area (Å²) in [4.78, 5) is 27.1. The van der Waals surface area contributed by atoms with Gasteiger partial charge >= 0.3 is 5.97 Å². The molecule has 0 aliphatic carbocycles. The maximum atomic E-state index is 13.5. The molecule has 5 nitrogen and oxygen atoms in total. The molecule has 3 aromatic rings. The number of Topliss-reactive ketones (excluding diaryl/α,β-unsaturated/α-hetero) is 1. The fraction of sp³-hybridized carbons (Fsp3) is 0.333. The van der Waals surface area contributed by atoms with Crippen molar-refractivity contribution in [3.05, 3.63) is 87.6 Å². The van der Waals surface area contributed by atoms with Crippen LogP contribution in [0.4, 0.5) is 5.69 Å². The Hall–Kier alpha value is -2.67. The molecule has 34 heavy (non-hydrogen) atoms. The molecule has 4 heterocycles. The minimum atomic E-state index is -0.598. The number of nitrogens with zero attached hydrogens (tertiary/aromatic N) is 1. The average Bonchev–Trinajstić information content (AvgIpc) is 3.30. The Morgan fingerprint density at radius 3 is 2.35 bits per heavy atom. The summed E-state index contributed by atoms with van der Waals surface area (Å²) in [7, 11) is 0. The molecule has 0 spiro atoms. The van der Waals surface area contributed by atoms with E-state index in [0.717, 1.165) is 37.2 Å². The van der Waals surface area contributed by atoms with E-state index in [1.54, 1.807) is 6.07 Å². The Morgan fingerprint density at radius 1 is 1.03 bits per heavy atom. The highest BCUT2D eigenvalue weighted by Gasteiger charge is 2.49. The van der Waals surface area contributed by atoms with E-state index in [0.29, 0.717) is 33.4 Å². The van der Waals surface area contributed by atoms with Gasteiger partial charge in [-0.3, -0.25) is 4.79 Å². The molecule has 6 rings (SSSR count). The van der Waals surface area contributed by atoms with Crippen LogP contribution in [0, 0.1) is 5.92 Å². The first kappa shape index (κ1) is 23.1. The highest BCUT2D eigenvalue weighted by atomic mass is 35.5. The molecule has 0 unspecified atom stereocenters. The van der Waals surface area contributed by atoms with Gasteiger partial charge < -0.3 is 14.5 Å². The highest BCUT2D eigenvalue weighted by molar-refractivity contribution is 7.12. The summed E-state index contributed by atoms with van der Waals surface area (Å²) in [5, 5.41) is 5.73. The van der Waals surface area contributed by atoms with Crippen molar-refractivity contribution in [2.75, 3.05) is 31.5 Å². The standard InChI is InChI=1S/C27H28ClN2O3S/c28-22-13-16-34-26(22)23(31)17-30-14-11-19(12-15-30)24(18-30)33-27(32)25(20-7-3-1-4-8-20)29-21-9-5-2-6-10-21/h1-10,13,16,19,24-25,29H,11-12,14-15,17-18H2/q+1/t19?,24-,25+,30?/m0/s1. The molecular weight excluding hydrogens is 468 g/mol. The molecule has 7 heteroatoms. The first-order valence-electron chi connectivity index (χ1n) is 11.7. The van der Waals surface area contributed by atoms with Crippen LogP contribution in [0.3, 0.4) is 0 Å². The van der Waals surface area contributed by atoms with Crippen LogP contribution in [0.5, 0.6) is 0 Å². The second-order valence-corrected chi connectivity index (χ2v) is 10.6. The van der Waals surface area contributed by atoms with Crippen LogP contribution in [0.2, 0.25) is 5.02 Å². The number of piperidine rings is 3. The molecule has 0 amide bonds. The van der Waals surface area contributed by atoms with Crippen molar-refractivity contribution in [2.45, 2.75) is 25.0 Å². The molecule has 1 aromatic heterocycles. The number of hydrogen-bond donors (Lipinski definition) is 1. The lowest BCUT2D eigenvalue weighted by atomic mass is 9.83. The third-order valence-electron chi connectivity index (χ3n) is 7.11. The molecule has 2 bridgehead atoms. The van der Waals surface area contributed by atoms with E-state index in [4.69, 9.17) is 16.3 Å². The number of halogens is 1. The van der Waals surface area contributed by atoms with Crippen LogP contribution in [-0.2, 0) is 9.53 Å². The van der Waals surface area contributed by atoms with Crippen LogP contribution >= 0.6 is 22.9 Å². The number of ketones is 1. The molecule has 3 aliphatic heterocycles. The van der Waals surface area contributed by atoms with E-state index in [9.17, 15) is 9.59 Å². The van der Waals surface area contributed by atoms with E-state index >= 15 is 0 Å². The zero-order valence-electron chi connectivity index (χ0n) is 18.9. The number of anilines is 1. The number of carbonyl (C=O) groups is 2. The number of nitrogens with one attached hydrogen (secondary N) is 1. The van der Waals surface area contributed by atoms with Crippen molar-refractivity contribution in [1.29, 1.82) is 0 Å². The lowest BCUT2D eigenvalue weighted by Gasteiger charge is -2.51. The molecule has 0 saturated carbocycles. The van der Waals surface area contributed by atoms with E-state index in [2.05, 4.69) is 5.32 Å². The second-order valence-electron chi connectivity index (χ2n) is 9.32. The monoisotopic (exact) mass is 495 g/mol. The van der Waals surface area contributed by atoms with Crippen molar-refractivity contribution in [2.24, 2.45) is 5.92 Å². The summed E-state index contributed by atoms with van der Waals surface area (Å²) < 4.78 is 6.85. The number of para-hydroxylation sites is 1. The average molecular weight is 496 g/mol. The first-order valence-corrected chi connectivity index (χ1v) is 13.0. The Bertz CT molecular complexity index is 1140. The quantitative estimate of drug-likeness (QED) is 0.251. The zero-order valence-corrected chi connectivity index (χ0v) is 20.4. The summed E-state index contributed by atoms with van der Waals surface area (Å²) in [6, 6.07) is 20.6. The lowest BCUT2D eigenvalue weighted by molar-refractivity contribution is -0.938. The third-order valence-corrected chi connectivity index (χ3v) is 8.49. The summed E-state index contributed by atoms with van der Waals surface area (Å²) in [5.41, 5.74) is 1.73. The molecule has 1 N–H and O–H groups in total. The van der Waals surface area contributed by atoms with Gasteiger partial charge in [-0.2, -0.15) is 0 Å². The molecule has 3 aliphatic rings. The van der Waals surface area contributed by atoms with Gasteiger partial charge in [-0.25, -0.2) is 4.79 Å². The van der Waals surface area contributed by atoms with Crippen LogP contribution in [0.15, 0.2) is 72.1 Å². The number of ether oxygens (including phenoxy) is 1. The van der Waals surface area contributed by atoms with Crippen molar-refractivity contribution < 1.29 is 18.8 Å². The highest BCUT2D eigenvalue weighted by Crippen LogP contribution is 2.37. The minimum absolute atomic E-state index is 0.0818. The number of thiophene rings is 1. The topological polar surface area (TPSA) is 55.4 Å². The second kappa shape index (κ2) is 9.90. The number of carbonyl (C=O) groups excluding carboxylic acids is 2. The Morgan fingerprint density at radius 2 is 1.71 bits per heavy atom. The number of esters is 1. The maximum absolute atomic E-state index is 13.5. The molecule has 2 atom stereocenters. The van der Waals surface area contributed by atoms with Crippen LogP contribution in [-0.4, -0.2) is 48.5 Å². The van der Waals surface area contributed by atoms with Gasteiger partial charge in [-0.05, 0) is 29.1 Å². The summed E-state index contributed by atoms with van der Waals surface area (Å²) in [5.74, 6) is 0.149. The van der Waals surface area contributed by atoms with Gasteiger partial charge in [0.05, 0.1) is 23.0 Å². The number of quaternary nitrogens is 1. The Kier molecular flexibility index (Phi) is 6.73. The zero-order chi connectivity index (χ0) is 23.5. The van der Waals surface area contributed by atoms with E-state index < -0.39 is 6.04 Å². The first-order chi connectivity index (χ1) is 16.5. The van der Waals surface area contributed by atoms with Crippen LogP contribution in [0.25, 0.3) is 0 Å². The van der Waals surface area contributed by atoms with Gasteiger partial charge in [-0.15, -0.1) is 11.3 Å². The Balaban J connectivity index is 1.31. The van der Waals surface area contributed by atoms with Gasteiger partial charge in [0.2, 0.25) is 5.78 Å². The van der Waals surface area contributed by atoms with Gasteiger partial charge in [-0.1, -0.05) is 60.1 Å². The molecule has 2 aromatic carbocycles. The maximum Gasteiger partial charge on any atom is 0.333 e. The van der Waals surface area contributed by atoms with Crippen molar-refractivity contribution in [1.82, 2.24) is 0 Å². The molecule has 0 radical (unpaired) electrons. The fourth-order valence-corrected chi connectivity index (χ4v) is 6.38. The normalized spacial score (nSPS) is 24.4. The molecule has 3 saturated heterocycles. The Labute approximate surface area is 208 Å². The van der Waals surface area contributed by atoms with Crippen molar-refractivity contribution in [3.63, 3.8) is 0 Å². The summed E-state index contributed by atoms with van der Waals surface area (Å²) >= 11 is 7.61. The molecule has 3 fully saturated rings. The van der Waals surface area contributed by atoms with Gasteiger partial charge in [0.15, 0.2) is 12.1 Å². The minimum Gasteiger partial charge on any atom is -0.454 e. The van der Waals surface area contributed by atoms with Crippen molar-refractivity contribution >= 4 is 40.4 Å². The predicted molar refractivity (Wildman–Crippen MR) is 135 cm³/mol. The van der Waals surface area contributed by atoms with E-state index in [1.165, 1.54) is 11.3 Å². The van der Waals surface area contributed by atoms with Gasteiger partial charge in [0, 0.05) is 24.4 Å². The van der Waals surface area contributed by atoms with Gasteiger partial charge in [0.25, 0.3) is 0 Å². The fourth-order valence-electron chi connectivity index (χ4n) is 5.29. The number of fused-ring (bicyclic) bond motifs is 3. The molecular formula is C27H28ClN2O3S+. The van der Waals surface area contributed by atoms with E-state index in [1.807, 2.05) is 66.0 Å². The lowest BCUT2D eigenvalue weighted by Crippen LogP contribution is -2.65. The largest absolute Gasteiger partial charge is 0.454 e. The third kappa shape index (κ3) is 4.90. The SMILES string of the molecule is O=C(C[N+]12CCC(CC1)[C@@H](OC(=O)[C@H](Nc1ccccc1)c1ccccc1)C2)c1sccc1Cl.